The Morgan fingerprint density at radius 1 is 1.25 bits per heavy atom. The van der Waals surface area contributed by atoms with Gasteiger partial charge >= 0.3 is 12.1 Å². The molecule has 0 aromatic heterocycles. The summed E-state index contributed by atoms with van der Waals surface area (Å²) in [4.78, 5) is 35.2. The third kappa shape index (κ3) is 5.91. The number of rotatable bonds is 5. The van der Waals surface area contributed by atoms with Gasteiger partial charge in [0.05, 0.1) is 7.11 Å². The summed E-state index contributed by atoms with van der Waals surface area (Å²) in [5.41, 5.74) is 6.70. The van der Waals surface area contributed by atoms with Crippen molar-refractivity contribution >= 4 is 23.5 Å². The zero-order valence-electron chi connectivity index (χ0n) is 14.6. The standard InChI is InChI=1S/C17H24N2O5/c1-10(20)11-6-7-12(13(18)8-11)9-14(15(21)23-5)19-16(22)24-17(2,3)4/h6-8,14H,9,18H2,1-5H3,(H,19,22)/t14-/m1/s1. The van der Waals surface area contributed by atoms with E-state index in [4.69, 9.17) is 15.2 Å². The van der Waals surface area contributed by atoms with Gasteiger partial charge in [0.1, 0.15) is 11.6 Å². The molecule has 0 radical (unpaired) electrons. The van der Waals surface area contributed by atoms with Crippen LogP contribution in [0, 0.1) is 0 Å². The average molecular weight is 336 g/mol. The van der Waals surface area contributed by atoms with E-state index in [9.17, 15) is 14.4 Å². The van der Waals surface area contributed by atoms with Crippen LogP contribution in [0.1, 0.15) is 43.6 Å². The first-order chi connectivity index (χ1) is 11.0. The minimum atomic E-state index is -0.949. The van der Waals surface area contributed by atoms with Crippen molar-refractivity contribution in [1.82, 2.24) is 5.32 Å². The predicted octanol–water partition coefficient (Wildman–Crippen LogP) is 2.08. The van der Waals surface area contributed by atoms with Crippen LogP contribution in [0.2, 0.25) is 0 Å². The smallest absolute Gasteiger partial charge is 0.408 e. The van der Waals surface area contributed by atoms with Crippen LogP contribution in [-0.4, -0.2) is 36.6 Å². The van der Waals surface area contributed by atoms with Crippen LogP contribution < -0.4 is 11.1 Å². The molecule has 7 nitrogen and oxygen atoms in total. The molecule has 1 aromatic carbocycles. The van der Waals surface area contributed by atoms with E-state index in [2.05, 4.69) is 5.32 Å². The van der Waals surface area contributed by atoms with Crippen LogP contribution in [0.5, 0.6) is 0 Å². The highest BCUT2D eigenvalue weighted by Crippen LogP contribution is 2.17. The number of carbonyl (C=O) groups is 3. The number of nitrogen functional groups attached to an aromatic ring is 1. The number of amides is 1. The van der Waals surface area contributed by atoms with E-state index in [-0.39, 0.29) is 12.2 Å². The number of ether oxygens (including phenoxy) is 2. The Bertz CT molecular complexity index is 634. The van der Waals surface area contributed by atoms with Gasteiger partial charge in [-0.2, -0.15) is 0 Å². The zero-order valence-corrected chi connectivity index (χ0v) is 14.6. The van der Waals surface area contributed by atoms with Gasteiger partial charge in [0.25, 0.3) is 0 Å². The maximum Gasteiger partial charge on any atom is 0.408 e. The molecular formula is C17H24N2O5. The lowest BCUT2D eigenvalue weighted by Gasteiger charge is -2.23. The van der Waals surface area contributed by atoms with E-state index < -0.39 is 23.7 Å². The molecule has 0 bridgehead atoms. The Labute approximate surface area is 141 Å². The summed E-state index contributed by atoms with van der Waals surface area (Å²) < 4.78 is 9.86. The molecule has 0 fully saturated rings. The number of methoxy groups -OCH3 is 1. The summed E-state index contributed by atoms with van der Waals surface area (Å²) in [5.74, 6) is -0.722. The quantitative estimate of drug-likeness (QED) is 0.484. The third-order valence-corrected chi connectivity index (χ3v) is 3.15. The molecule has 0 heterocycles. The number of benzene rings is 1. The number of hydrogen-bond donors (Lipinski definition) is 2. The van der Waals surface area contributed by atoms with Crippen LogP contribution in [0.25, 0.3) is 0 Å². The molecule has 0 unspecified atom stereocenters. The molecule has 1 atom stereocenters. The first kappa shape index (κ1) is 19.5. The molecule has 1 rings (SSSR count). The second-order valence-corrected chi connectivity index (χ2v) is 6.40. The Balaban J connectivity index is 2.93. The molecule has 0 aliphatic carbocycles. The van der Waals surface area contributed by atoms with Gasteiger partial charge in [0.2, 0.25) is 0 Å². The fraction of sp³-hybridized carbons (Fsp3) is 0.471. The number of nitrogens with one attached hydrogen (secondary N) is 1. The highest BCUT2D eigenvalue weighted by atomic mass is 16.6. The van der Waals surface area contributed by atoms with E-state index in [0.29, 0.717) is 16.8 Å². The molecule has 0 aliphatic heterocycles. The number of nitrogens with two attached hydrogens (primary N) is 1. The van der Waals surface area contributed by atoms with Crippen molar-refractivity contribution < 1.29 is 23.9 Å². The predicted molar refractivity (Wildman–Crippen MR) is 89.7 cm³/mol. The van der Waals surface area contributed by atoms with E-state index >= 15 is 0 Å². The van der Waals surface area contributed by atoms with Gasteiger partial charge in [0.15, 0.2) is 5.78 Å². The first-order valence-corrected chi connectivity index (χ1v) is 7.50. The normalized spacial score (nSPS) is 12.2. The van der Waals surface area contributed by atoms with Crippen LogP contribution >= 0.6 is 0 Å². The van der Waals surface area contributed by atoms with Gasteiger partial charge in [-0.3, -0.25) is 4.79 Å². The number of Topliss-reactive ketones (excluding diaryl/α,β-unsaturated/α-hetero) is 1. The number of esters is 1. The molecule has 3 N–H and O–H groups in total. The maximum atomic E-state index is 11.9. The Kier molecular flexibility index (Phi) is 6.34. The van der Waals surface area contributed by atoms with E-state index in [0.717, 1.165) is 0 Å². The van der Waals surface area contributed by atoms with Crippen molar-refractivity contribution in [2.45, 2.75) is 45.8 Å². The lowest BCUT2D eigenvalue weighted by molar-refractivity contribution is -0.143. The number of anilines is 1. The summed E-state index contributed by atoms with van der Waals surface area (Å²) in [6.07, 6.45) is -0.604. The average Bonchev–Trinajstić information content (AvgIpc) is 2.45. The molecule has 132 valence electrons. The summed E-state index contributed by atoms with van der Waals surface area (Å²) in [7, 11) is 1.23. The van der Waals surface area contributed by atoms with Gasteiger partial charge in [-0.05, 0) is 39.3 Å². The highest BCUT2D eigenvalue weighted by Gasteiger charge is 2.26. The van der Waals surface area contributed by atoms with Crippen molar-refractivity contribution in [3.63, 3.8) is 0 Å². The monoisotopic (exact) mass is 336 g/mol. The van der Waals surface area contributed by atoms with E-state index in [1.165, 1.54) is 14.0 Å². The zero-order chi connectivity index (χ0) is 18.5. The number of carbonyl (C=O) groups excluding carboxylic acids is 3. The summed E-state index contributed by atoms with van der Waals surface area (Å²) in [5, 5.41) is 2.48. The lowest BCUT2D eigenvalue weighted by Crippen LogP contribution is -2.45. The fourth-order valence-electron chi connectivity index (χ4n) is 2.01. The molecule has 0 aliphatic rings. The van der Waals surface area contributed by atoms with Gasteiger partial charge in [-0.1, -0.05) is 12.1 Å². The van der Waals surface area contributed by atoms with Gasteiger partial charge in [-0.25, -0.2) is 9.59 Å². The Morgan fingerprint density at radius 2 is 1.88 bits per heavy atom. The minimum Gasteiger partial charge on any atom is -0.467 e. The van der Waals surface area contributed by atoms with Crippen LogP contribution in [0.15, 0.2) is 18.2 Å². The van der Waals surface area contributed by atoms with Crippen LogP contribution in [0.3, 0.4) is 0 Å². The van der Waals surface area contributed by atoms with Crippen LogP contribution in [-0.2, 0) is 20.7 Å². The topological polar surface area (TPSA) is 108 Å². The SMILES string of the molecule is COC(=O)[C@@H](Cc1ccc(C(C)=O)cc1N)NC(=O)OC(C)(C)C. The van der Waals surface area contributed by atoms with Crippen molar-refractivity contribution in [3.05, 3.63) is 29.3 Å². The number of ketones is 1. The van der Waals surface area contributed by atoms with E-state index in [1.807, 2.05) is 0 Å². The molecule has 7 heteroatoms. The summed E-state index contributed by atoms with van der Waals surface area (Å²) >= 11 is 0. The maximum absolute atomic E-state index is 11.9. The van der Waals surface area contributed by atoms with Crippen molar-refractivity contribution in [3.8, 4) is 0 Å². The minimum absolute atomic E-state index is 0.107. The highest BCUT2D eigenvalue weighted by molar-refractivity contribution is 5.95. The lowest BCUT2D eigenvalue weighted by atomic mass is 10.0. The van der Waals surface area contributed by atoms with E-state index in [1.54, 1.807) is 39.0 Å². The summed E-state index contributed by atoms with van der Waals surface area (Å²) in [6, 6.07) is 3.86. The Hall–Kier alpha value is -2.57. The molecule has 1 amide bonds. The molecule has 0 spiro atoms. The van der Waals surface area contributed by atoms with Crippen molar-refractivity contribution in [2.75, 3.05) is 12.8 Å². The second kappa shape index (κ2) is 7.81. The molecule has 1 aromatic rings. The van der Waals surface area contributed by atoms with Gasteiger partial charge < -0.3 is 20.5 Å². The molecule has 0 saturated heterocycles. The molecule has 0 saturated carbocycles. The molecule has 24 heavy (non-hydrogen) atoms. The number of alkyl carbamates (subject to hydrolysis) is 1. The molecular weight excluding hydrogens is 312 g/mol. The van der Waals surface area contributed by atoms with Gasteiger partial charge in [0, 0.05) is 17.7 Å². The van der Waals surface area contributed by atoms with Crippen molar-refractivity contribution in [2.24, 2.45) is 0 Å². The Morgan fingerprint density at radius 3 is 2.33 bits per heavy atom. The third-order valence-electron chi connectivity index (χ3n) is 3.15. The van der Waals surface area contributed by atoms with Crippen LogP contribution in [0.4, 0.5) is 10.5 Å². The summed E-state index contributed by atoms with van der Waals surface area (Å²) in [6.45, 7) is 6.60. The first-order valence-electron chi connectivity index (χ1n) is 7.50. The second-order valence-electron chi connectivity index (χ2n) is 6.40. The fourth-order valence-corrected chi connectivity index (χ4v) is 2.01. The largest absolute Gasteiger partial charge is 0.467 e. The van der Waals surface area contributed by atoms with Crippen molar-refractivity contribution in [1.29, 1.82) is 0 Å². The number of hydrogen-bond acceptors (Lipinski definition) is 6. The van der Waals surface area contributed by atoms with Gasteiger partial charge in [-0.15, -0.1) is 0 Å².